The molecule has 18 heavy (non-hydrogen) atoms. The third-order valence-corrected chi connectivity index (χ3v) is 3.88. The number of nitrogens with zero attached hydrogens (tertiary/aromatic N) is 2. The molecule has 2 aromatic rings. The van der Waals surface area contributed by atoms with E-state index in [-0.39, 0.29) is 0 Å². The molecule has 0 amide bonds. The third kappa shape index (κ3) is 2.87. The Hall–Kier alpha value is -1.000. The highest BCUT2D eigenvalue weighted by Crippen LogP contribution is 2.29. The summed E-state index contributed by atoms with van der Waals surface area (Å²) in [5.41, 5.74) is 3.21. The van der Waals surface area contributed by atoms with Crippen molar-refractivity contribution in [3.63, 3.8) is 0 Å². The predicted octanol–water partition coefficient (Wildman–Crippen LogP) is 4.24. The van der Waals surface area contributed by atoms with E-state index in [2.05, 4.69) is 33.3 Å². The fraction of sp³-hybridized carbons (Fsp3) is 0.308. The first-order valence-corrected chi connectivity index (χ1v) is 6.99. The lowest BCUT2D eigenvalue weighted by Crippen LogP contribution is -2.08. The van der Waals surface area contributed by atoms with Crippen LogP contribution in [0.2, 0.25) is 5.02 Å². The van der Waals surface area contributed by atoms with E-state index < -0.39 is 0 Å². The van der Waals surface area contributed by atoms with Crippen molar-refractivity contribution >= 4 is 33.2 Å². The summed E-state index contributed by atoms with van der Waals surface area (Å²) >= 11 is 9.66. The molecule has 0 aliphatic heterocycles. The number of nitrogens with one attached hydrogen (secondary N) is 1. The average Bonchev–Trinajstić information content (AvgIpc) is 2.79. The number of benzene rings is 1. The molecule has 0 aliphatic rings. The highest BCUT2D eigenvalue weighted by molar-refractivity contribution is 9.10. The quantitative estimate of drug-likeness (QED) is 0.910. The van der Waals surface area contributed by atoms with Gasteiger partial charge in [-0.05, 0) is 53.5 Å². The summed E-state index contributed by atoms with van der Waals surface area (Å²) in [5.74, 6) is 0. The van der Waals surface area contributed by atoms with E-state index in [0.29, 0.717) is 0 Å². The standard InChI is InChI=1S/C13H15BrClN3/c1-3-18-10(4-5-17-18)8-16-13-7-12(15)9(2)6-11(13)14/h4-7,16H,3,8H2,1-2H3. The van der Waals surface area contributed by atoms with Crippen LogP contribution in [0.25, 0.3) is 0 Å². The minimum Gasteiger partial charge on any atom is -0.378 e. The Morgan fingerprint density at radius 2 is 2.22 bits per heavy atom. The first-order valence-electron chi connectivity index (χ1n) is 5.82. The molecular weight excluding hydrogens is 314 g/mol. The van der Waals surface area contributed by atoms with Crippen LogP contribution < -0.4 is 5.32 Å². The van der Waals surface area contributed by atoms with Crippen molar-refractivity contribution in [1.29, 1.82) is 0 Å². The van der Waals surface area contributed by atoms with Gasteiger partial charge in [0.25, 0.3) is 0 Å². The van der Waals surface area contributed by atoms with Gasteiger partial charge in [-0.1, -0.05) is 11.6 Å². The van der Waals surface area contributed by atoms with Crippen LogP contribution >= 0.6 is 27.5 Å². The smallest absolute Gasteiger partial charge is 0.0575 e. The zero-order valence-electron chi connectivity index (χ0n) is 10.4. The van der Waals surface area contributed by atoms with Crippen LogP contribution in [0.1, 0.15) is 18.2 Å². The summed E-state index contributed by atoms with van der Waals surface area (Å²) in [6.07, 6.45) is 1.82. The van der Waals surface area contributed by atoms with Crippen molar-refractivity contribution < 1.29 is 0 Å². The van der Waals surface area contributed by atoms with E-state index in [1.165, 1.54) is 0 Å². The molecule has 0 radical (unpaired) electrons. The Bertz CT molecular complexity index is 551. The Kier molecular flexibility index (Phi) is 4.30. The number of aromatic nitrogens is 2. The third-order valence-electron chi connectivity index (χ3n) is 2.81. The molecule has 0 fully saturated rings. The summed E-state index contributed by atoms with van der Waals surface area (Å²) in [6.45, 7) is 5.67. The predicted molar refractivity (Wildman–Crippen MR) is 79.1 cm³/mol. The van der Waals surface area contributed by atoms with Crippen LogP contribution in [0.3, 0.4) is 0 Å². The molecule has 3 nitrogen and oxygen atoms in total. The first-order chi connectivity index (χ1) is 8.61. The molecule has 0 saturated carbocycles. The Balaban J connectivity index is 2.13. The van der Waals surface area contributed by atoms with Crippen molar-refractivity contribution in [3.05, 3.63) is 45.1 Å². The summed E-state index contributed by atoms with van der Waals surface area (Å²) in [6, 6.07) is 5.97. The molecular formula is C13H15BrClN3. The highest BCUT2D eigenvalue weighted by Gasteiger charge is 2.05. The maximum absolute atomic E-state index is 6.13. The molecule has 0 atom stereocenters. The van der Waals surface area contributed by atoms with Gasteiger partial charge >= 0.3 is 0 Å². The number of halogens is 2. The van der Waals surface area contributed by atoms with Gasteiger partial charge in [0.1, 0.15) is 0 Å². The van der Waals surface area contributed by atoms with E-state index in [1.54, 1.807) is 0 Å². The number of rotatable bonds is 4. The van der Waals surface area contributed by atoms with E-state index in [4.69, 9.17) is 11.6 Å². The normalized spacial score (nSPS) is 10.7. The average molecular weight is 329 g/mol. The maximum Gasteiger partial charge on any atom is 0.0575 e. The largest absolute Gasteiger partial charge is 0.378 e. The summed E-state index contributed by atoms with van der Waals surface area (Å²) in [4.78, 5) is 0. The van der Waals surface area contributed by atoms with Crippen LogP contribution in [-0.4, -0.2) is 9.78 Å². The molecule has 1 heterocycles. The topological polar surface area (TPSA) is 29.9 Å². The molecule has 0 spiro atoms. The number of anilines is 1. The van der Waals surface area contributed by atoms with Crippen LogP contribution in [0.15, 0.2) is 28.9 Å². The summed E-state index contributed by atoms with van der Waals surface area (Å²) < 4.78 is 2.99. The van der Waals surface area contributed by atoms with Gasteiger partial charge in [-0.3, -0.25) is 4.68 Å². The number of hydrogen-bond acceptors (Lipinski definition) is 2. The second-order valence-corrected chi connectivity index (χ2v) is 5.33. The van der Waals surface area contributed by atoms with Crippen molar-refractivity contribution in [1.82, 2.24) is 9.78 Å². The van der Waals surface area contributed by atoms with Crippen LogP contribution in [0.5, 0.6) is 0 Å². The zero-order chi connectivity index (χ0) is 13.1. The molecule has 0 bridgehead atoms. The SMILES string of the molecule is CCn1nccc1CNc1cc(Cl)c(C)cc1Br. The van der Waals surface area contributed by atoms with Crippen molar-refractivity contribution in [2.24, 2.45) is 0 Å². The van der Waals surface area contributed by atoms with E-state index >= 15 is 0 Å². The minimum absolute atomic E-state index is 0.728. The lowest BCUT2D eigenvalue weighted by molar-refractivity contribution is 0.627. The molecule has 1 aromatic carbocycles. The minimum atomic E-state index is 0.728. The van der Waals surface area contributed by atoms with Crippen LogP contribution in [-0.2, 0) is 13.1 Å². The van der Waals surface area contributed by atoms with Crippen LogP contribution in [0, 0.1) is 6.92 Å². The van der Waals surface area contributed by atoms with Crippen molar-refractivity contribution in [2.45, 2.75) is 26.9 Å². The van der Waals surface area contributed by atoms with Gasteiger partial charge in [0.2, 0.25) is 0 Å². The lowest BCUT2D eigenvalue weighted by Gasteiger charge is -2.11. The number of aryl methyl sites for hydroxylation is 2. The molecule has 96 valence electrons. The molecule has 0 unspecified atom stereocenters. The Morgan fingerprint density at radius 3 is 2.94 bits per heavy atom. The second-order valence-electron chi connectivity index (χ2n) is 4.07. The van der Waals surface area contributed by atoms with Gasteiger partial charge in [-0.2, -0.15) is 5.10 Å². The van der Waals surface area contributed by atoms with Gasteiger partial charge in [0, 0.05) is 22.2 Å². The summed E-state index contributed by atoms with van der Waals surface area (Å²) in [5, 5.41) is 8.37. The van der Waals surface area contributed by atoms with E-state index in [9.17, 15) is 0 Å². The first kappa shape index (κ1) is 13.4. The van der Waals surface area contributed by atoms with Crippen molar-refractivity contribution in [2.75, 3.05) is 5.32 Å². The highest BCUT2D eigenvalue weighted by atomic mass is 79.9. The second kappa shape index (κ2) is 5.76. The molecule has 2 rings (SSSR count). The Labute approximate surface area is 120 Å². The monoisotopic (exact) mass is 327 g/mol. The molecule has 1 N–H and O–H groups in total. The van der Waals surface area contributed by atoms with E-state index in [1.807, 2.05) is 36.0 Å². The molecule has 1 aromatic heterocycles. The zero-order valence-corrected chi connectivity index (χ0v) is 12.7. The maximum atomic E-state index is 6.13. The molecule has 5 heteroatoms. The lowest BCUT2D eigenvalue weighted by atomic mass is 10.2. The van der Waals surface area contributed by atoms with Crippen molar-refractivity contribution in [3.8, 4) is 0 Å². The van der Waals surface area contributed by atoms with Crippen LogP contribution in [0.4, 0.5) is 5.69 Å². The number of hydrogen-bond donors (Lipinski definition) is 1. The molecule has 0 aliphatic carbocycles. The van der Waals surface area contributed by atoms with Gasteiger partial charge in [-0.25, -0.2) is 0 Å². The Morgan fingerprint density at radius 1 is 1.44 bits per heavy atom. The van der Waals surface area contributed by atoms with E-state index in [0.717, 1.165) is 39.5 Å². The van der Waals surface area contributed by atoms with Gasteiger partial charge in [-0.15, -0.1) is 0 Å². The fourth-order valence-electron chi connectivity index (χ4n) is 1.76. The van der Waals surface area contributed by atoms with Gasteiger partial charge in [0.15, 0.2) is 0 Å². The summed E-state index contributed by atoms with van der Waals surface area (Å²) in [7, 11) is 0. The molecule has 0 saturated heterocycles. The fourth-order valence-corrected chi connectivity index (χ4v) is 2.52. The van der Waals surface area contributed by atoms with Gasteiger partial charge in [0.05, 0.1) is 17.9 Å². The van der Waals surface area contributed by atoms with Gasteiger partial charge < -0.3 is 5.32 Å².